The van der Waals surface area contributed by atoms with E-state index in [-0.39, 0.29) is 6.61 Å². The summed E-state index contributed by atoms with van der Waals surface area (Å²) in [5.41, 5.74) is 5.17. The Bertz CT molecular complexity index is 81.1. The molecule has 0 fully saturated rings. The predicted molar refractivity (Wildman–Crippen MR) is 38.2 cm³/mol. The molecule has 0 aromatic carbocycles. The maximum Gasteiger partial charge on any atom is 0.0621 e. The van der Waals surface area contributed by atoms with Gasteiger partial charge in [-0.05, 0) is 21.0 Å². The first-order valence-corrected chi connectivity index (χ1v) is 3.02. The molecule has 0 saturated heterocycles. The van der Waals surface area contributed by atoms with Crippen LogP contribution >= 0.6 is 0 Å². The zero-order chi connectivity index (χ0) is 7.49. The van der Waals surface area contributed by atoms with Crippen LogP contribution < -0.4 is 5.73 Å². The Morgan fingerprint density at radius 3 is 2.11 bits per heavy atom. The van der Waals surface area contributed by atoms with Crippen molar-refractivity contribution >= 4 is 0 Å². The van der Waals surface area contributed by atoms with E-state index in [9.17, 15) is 0 Å². The van der Waals surface area contributed by atoms with Gasteiger partial charge in [-0.2, -0.15) is 0 Å². The topological polar surface area (TPSA) is 49.5 Å². The summed E-state index contributed by atoms with van der Waals surface area (Å²) in [5.74, 6) is 0. The summed E-state index contributed by atoms with van der Waals surface area (Å²) in [6, 6.07) is 0. The minimum absolute atomic E-state index is 0.0329. The lowest BCUT2D eigenvalue weighted by Gasteiger charge is -2.25. The van der Waals surface area contributed by atoms with Crippen LogP contribution in [0.15, 0.2) is 0 Å². The van der Waals surface area contributed by atoms with Gasteiger partial charge >= 0.3 is 0 Å². The van der Waals surface area contributed by atoms with Crippen LogP contribution in [0.2, 0.25) is 0 Å². The van der Waals surface area contributed by atoms with E-state index in [1.54, 1.807) is 0 Å². The zero-order valence-electron chi connectivity index (χ0n) is 6.39. The summed E-state index contributed by atoms with van der Waals surface area (Å²) < 4.78 is 0. The lowest BCUT2D eigenvalue weighted by molar-refractivity contribution is 0.175. The summed E-state index contributed by atoms with van der Waals surface area (Å²) in [4.78, 5) is 1.95. The third kappa shape index (κ3) is 4.39. The smallest absolute Gasteiger partial charge is 0.0621 e. The number of hydrogen-bond donors (Lipinski definition) is 2. The van der Waals surface area contributed by atoms with Gasteiger partial charge in [-0.1, -0.05) is 0 Å². The lowest BCUT2D eigenvalue weighted by atomic mass is 10.1. The average Bonchev–Trinajstić information content (AvgIpc) is 1.63. The van der Waals surface area contributed by atoms with Crippen LogP contribution in [0.4, 0.5) is 0 Å². The van der Waals surface area contributed by atoms with Gasteiger partial charge in [0.1, 0.15) is 0 Å². The second-order valence-electron chi connectivity index (χ2n) is 3.05. The fourth-order valence-electron chi connectivity index (χ4n) is 0.772. The van der Waals surface area contributed by atoms with Gasteiger partial charge < -0.3 is 15.7 Å². The summed E-state index contributed by atoms with van der Waals surface area (Å²) >= 11 is 0. The van der Waals surface area contributed by atoms with Crippen LogP contribution in [0.5, 0.6) is 0 Å². The monoisotopic (exact) mass is 132 g/mol. The Balaban J connectivity index is 3.58. The van der Waals surface area contributed by atoms with Crippen molar-refractivity contribution in [2.45, 2.75) is 12.5 Å². The minimum Gasteiger partial charge on any atom is -0.394 e. The summed E-state index contributed by atoms with van der Waals surface area (Å²) in [5, 5.41) is 8.69. The van der Waals surface area contributed by atoms with E-state index in [0.29, 0.717) is 6.54 Å². The second kappa shape index (κ2) is 3.15. The summed E-state index contributed by atoms with van der Waals surface area (Å²) in [6.45, 7) is 2.57. The van der Waals surface area contributed by atoms with Gasteiger partial charge in [0.2, 0.25) is 0 Å². The molecule has 0 aliphatic heterocycles. The number of nitrogens with two attached hydrogens (primary N) is 1. The average molecular weight is 132 g/mol. The third-order valence-corrected chi connectivity index (χ3v) is 1.04. The highest BCUT2D eigenvalue weighted by Crippen LogP contribution is 1.97. The van der Waals surface area contributed by atoms with Gasteiger partial charge in [0.15, 0.2) is 0 Å². The number of aliphatic hydroxyl groups is 1. The van der Waals surface area contributed by atoms with E-state index in [0.717, 1.165) is 0 Å². The van der Waals surface area contributed by atoms with E-state index in [1.165, 1.54) is 0 Å². The maximum atomic E-state index is 8.69. The molecule has 0 aromatic heterocycles. The molecule has 0 aromatic rings. The van der Waals surface area contributed by atoms with Crippen LogP contribution in [0.3, 0.4) is 0 Å². The maximum absolute atomic E-state index is 8.69. The van der Waals surface area contributed by atoms with Crippen molar-refractivity contribution in [2.24, 2.45) is 5.73 Å². The molecule has 3 heteroatoms. The zero-order valence-corrected chi connectivity index (χ0v) is 6.39. The Kier molecular flexibility index (Phi) is 3.11. The molecule has 0 saturated carbocycles. The lowest BCUT2D eigenvalue weighted by Crippen LogP contribution is -2.48. The largest absolute Gasteiger partial charge is 0.394 e. The quantitative estimate of drug-likeness (QED) is 0.531. The predicted octanol–water partition coefficient (Wildman–Crippen LogP) is -0.742. The highest BCUT2D eigenvalue weighted by molar-refractivity contribution is 4.79. The molecule has 0 spiro atoms. The van der Waals surface area contributed by atoms with E-state index in [4.69, 9.17) is 10.8 Å². The molecular formula is C6H16N2O. The third-order valence-electron chi connectivity index (χ3n) is 1.04. The highest BCUT2D eigenvalue weighted by Gasteiger charge is 2.16. The van der Waals surface area contributed by atoms with Crippen LogP contribution in [-0.4, -0.2) is 42.8 Å². The van der Waals surface area contributed by atoms with Crippen LogP contribution in [0.1, 0.15) is 6.92 Å². The molecule has 0 radical (unpaired) electrons. The van der Waals surface area contributed by atoms with Crippen molar-refractivity contribution in [3.63, 3.8) is 0 Å². The fourth-order valence-corrected chi connectivity index (χ4v) is 0.772. The normalized spacial score (nSPS) is 18.0. The van der Waals surface area contributed by atoms with Crippen molar-refractivity contribution < 1.29 is 5.11 Å². The molecule has 3 nitrogen and oxygen atoms in total. The van der Waals surface area contributed by atoms with E-state index < -0.39 is 5.54 Å². The van der Waals surface area contributed by atoms with E-state index in [2.05, 4.69) is 0 Å². The first kappa shape index (κ1) is 8.88. The molecule has 1 atom stereocenters. The van der Waals surface area contributed by atoms with Gasteiger partial charge in [0.05, 0.1) is 6.61 Å². The molecule has 0 rings (SSSR count). The van der Waals surface area contributed by atoms with Gasteiger partial charge in [-0.15, -0.1) is 0 Å². The standard InChI is InChI=1S/C6H16N2O/c1-6(7,5-9)4-8(2)3/h9H,4-5,7H2,1-3H3. The van der Waals surface area contributed by atoms with E-state index in [1.807, 2.05) is 25.9 Å². The Morgan fingerprint density at radius 1 is 1.56 bits per heavy atom. The molecule has 0 heterocycles. The fraction of sp³-hybridized carbons (Fsp3) is 1.00. The van der Waals surface area contributed by atoms with Gasteiger partial charge in [-0.25, -0.2) is 0 Å². The number of hydrogen-bond acceptors (Lipinski definition) is 3. The molecule has 0 aliphatic carbocycles. The molecule has 56 valence electrons. The summed E-state index contributed by atoms with van der Waals surface area (Å²) in [7, 11) is 3.86. The molecule has 9 heavy (non-hydrogen) atoms. The number of aliphatic hydroxyl groups excluding tert-OH is 1. The molecule has 1 unspecified atom stereocenters. The van der Waals surface area contributed by atoms with Crippen molar-refractivity contribution in [3.8, 4) is 0 Å². The Hall–Kier alpha value is -0.120. The molecule has 0 aliphatic rings. The minimum atomic E-state index is -0.455. The Morgan fingerprint density at radius 2 is 2.00 bits per heavy atom. The van der Waals surface area contributed by atoms with E-state index >= 15 is 0 Å². The summed E-state index contributed by atoms with van der Waals surface area (Å²) in [6.07, 6.45) is 0. The van der Waals surface area contributed by atoms with Crippen molar-refractivity contribution in [1.82, 2.24) is 4.90 Å². The highest BCUT2D eigenvalue weighted by atomic mass is 16.3. The SMILES string of the molecule is CN(C)CC(C)(N)CO. The van der Waals surface area contributed by atoms with Crippen molar-refractivity contribution in [2.75, 3.05) is 27.2 Å². The second-order valence-corrected chi connectivity index (χ2v) is 3.05. The molecule has 0 amide bonds. The van der Waals surface area contributed by atoms with Gasteiger partial charge in [-0.3, -0.25) is 0 Å². The van der Waals surface area contributed by atoms with Crippen LogP contribution in [0.25, 0.3) is 0 Å². The van der Waals surface area contributed by atoms with Crippen molar-refractivity contribution in [3.05, 3.63) is 0 Å². The number of likely N-dealkylation sites (N-methyl/N-ethyl adjacent to an activating group) is 1. The first-order valence-electron chi connectivity index (χ1n) is 3.02. The van der Waals surface area contributed by atoms with Crippen LogP contribution in [0, 0.1) is 0 Å². The number of nitrogens with zero attached hydrogens (tertiary/aromatic N) is 1. The first-order chi connectivity index (χ1) is 3.98. The van der Waals surface area contributed by atoms with Crippen LogP contribution in [-0.2, 0) is 0 Å². The molecular weight excluding hydrogens is 116 g/mol. The van der Waals surface area contributed by atoms with Gasteiger partial charge in [0.25, 0.3) is 0 Å². The van der Waals surface area contributed by atoms with Gasteiger partial charge in [0, 0.05) is 12.1 Å². The molecule has 0 bridgehead atoms. The van der Waals surface area contributed by atoms with Crippen molar-refractivity contribution in [1.29, 1.82) is 0 Å². The number of rotatable bonds is 3. The Labute approximate surface area is 56.5 Å². The molecule has 3 N–H and O–H groups in total.